The highest BCUT2D eigenvalue weighted by Gasteiger charge is 2.27. The first-order valence-electron chi connectivity index (χ1n) is 13.0. The third-order valence-electron chi connectivity index (χ3n) is 8.18. The summed E-state index contributed by atoms with van der Waals surface area (Å²) < 4.78 is 0. The summed E-state index contributed by atoms with van der Waals surface area (Å²) in [6, 6.07) is 18.8. The molecule has 0 saturated heterocycles. The summed E-state index contributed by atoms with van der Waals surface area (Å²) in [5.74, 6) is 3.46. The molecule has 0 aromatic heterocycles. The molecule has 4 rings (SSSR count). The Labute approximate surface area is 185 Å². The van der Waals surface area contributed by atoms with Crippen LogP contribution in [-0.4, -0.2) is 0 Å². The summed E-state index contributed by atoms with van der Waals surface area (Å²) >= 11 is 0. The second-order valence-electron chi connectivity index (χ2n) is 10.2. The second kappa shape index (κ2) is 10.7. The van der Waals surface area contributed by atoms with Crippen LogP contribution in [0.25, 0.3) is 11.1 Å². The summed E-state index contributed by atoms with van der Waals surface area (Å²) in [6.45, 7) is 4.68. The van der Waals surface area contributed by atoms with Gasteiger partial charge in [0.1, 0.15) is 0 Å². The van der Waals surface area contributed by atoms with Gasteiger partial charge in [-0.25, -0.2) is 0 Å². The van der Waals surface area contributed by atoms with Gasteiger partial charge in [0.05, 0.1) is 0 Å². The molecule has 0 unspecified atom stereocenters. The van der Waals surface area contributed by atoms with Gasteiger partial charge in [-0.15, -0.1) is 0 Å². The van der Waals surface area contributed by atoms with Crippen molar-refractivity contribution < 1.29 is 0 Å². The number of hydrogen-bond donors (Lipinski definition) is 0. The molecule has 2 fully saturated rings. The van der Waals surface area contributed by atoms with E-state index < -0.39 is 0 Å². The van der Waals surface area contributed by atoms with Crippen LogP contribution >= 0.6 is 0 Å². The minimum Gasteiger partial charge on any atom is -0.0654 e. The molecule has 0 aliphatic heterocycles. The molecule has 2 saturated carbocycles. The van der Waals surface area contributed by atoms with Crippen LogP contribution in [-0.2, 0) is 0 Å². The highest BCUT2D eigenvalue weighted by atomic mass is 14.3. The minimum absolute atomic E-state index is 0.752. The quantitative estimate of drug-likeness (QED) is 0.432. The largest absolute Gasteiger partial charge is 0.0654 e. The zero-order valence-corrected chi connectivity index (χ0v) is 19.4. The molecular formula is C30H42. The molecule has 2 aliphatic rings. The van der Waals surface area contributed by atoms with Gasteiger partial charge in [-0.05, 0) is 97.3 Å². The molecule has 0 radical (unpaired) electrons. The summed E-state index contributed by atoms with van der Waals surface area (Å²) in [7, 11) is 0. The first kappa shape index (κ1) is 21.7. The maximum Gasteiger partial charge on any atom is -0.0146 e. The Morgan fingerprint density at radius 2 is 0.900 bits per heavy atom. The van der Waals surface area contributed by atoms with Gasteiger partial charge in [-0.3, -0.25) is 0 Å². The lowest BCUT2D eigenvalue weighted by Crippen LogP contribution is -2.15. The van der Waals surface area contributed by atoms with Crippen molar-refractivity contribution >= 4 is 0 Å². The average Bonchev–Trinajstić information content (AvgIpc) is 2.81. The van der Waals surface area contributed by atoms with Crippen LogP contribution in [0.5, 0.6) is 0 Å². The average molecular weight is 403 g/mol. The third-order valence-corrected chi connectivity index (χ3v) is 8.18. The summed E-state index contributed by atoms with van der Waals surface area (Å²) in [5.41, 5.74) is 6.31. The zero-order valence-electron chi connectivity index (χ0n) is 19.4. The van der Waals surface area contributed by atoms with Crippen molar-refractivity contribution in [2.24, 2.45) is 11.8 Å². The fraction of sp³-hybridized carbons (Fsp3) is 0.600. The first-order chi connectivity index (χ1) is 14.8. The van der Waals surface area contributed by atoms with Gasteiger partial charge in [0.2, 0.25) is 0 Å². The molecule has 30 heavy (non-hydrogen) atoms. The van der Waals surface area contributed by atoms with E-state index in [1.54, 1.807) is 11.1 Å². The van der Waals surface area contributed by atoms with Crippen LogP contribution in [0.4, 0.5) is 0 Å². The second-order valence-corrected chi connectivity index (χ2v) is 10.2. The molecule has 2 aromatic rings. The van der Waals surface area contributed by atoms with Gasteiger partial charge in [0.15, 0.2) is 0 Å². The smallest absolute Gasteiger partial charge is 0.0146 e. The molecule has 0 nitrogen and oxygen atoms in total. The standard InChI is InChI=1S/C30H42/c1-3-9-23-15-19-25(20-16-23)27-11-5-7-13-29(27)30-14-8-6-12-28(30)26-21-17-24(10-4-2)18-22-26/h5-8,11-14,23-26H,3-4,9-10,15-22H2,1-2H3. The highest BCUT2D eigenvalue weighted by molar-refractivity contribution is 5.72. The van der Waals surface area contributed by atoms with Gasteiger partial charge in [0, 0.05) is 0 Å². The monoisotopic (exact) mass is 402 g/mol. The van der Waals surface area contributed by atoms with Crippen molar-refractivity contribution in [1.82, 2.24) is 0 Å². The maximum atomic E-state index is 2.44. The van der Waals surface area contributed by atoms with Crippen molar-refractivity contribution in [2.75, 3.05) is 0 Å². The molecule has 2 aliphatic carbocycles. The normalized spacial score (nSPS) is 27.1. The lowest BCUT2D eigenvalue weighted by atomic mass is 9.73. The van der Waals surface area contributed by atoms with Gasteiger partial charge >= 0.3 is 0 Å². The van der Waals surface area contributed by atoms with Crippen LogP contribution in [0.1, 0.15) is 114 Å². The minimum atomic E-state index is 0.752. The molecule has 0 bridgehead atoms. The van der Waals surface area contributed by atoms with Crippen LogP contribution in [0, 0.1) is 11.8 Å². The topological polar surface area (TPSA) is 0 Å². The van der Waals surface area contributed by atoms with Crippen molar-refractivity contribution in [3.8, 4) is 11.1 Å². The summed E-state index contributed by atoms with van der Waals surface area (Å²) in [6.07, 6.45) is 16.8. The molecular weight excluding hydrogens is 360 g/mol. The number of hydrogen-bond acceptors (Lipinski definition) is 0. The maximum absolute atomic E-state index is 2.44. The van der Waals surface area contributed by atoms with E-state index in [0.29, 0.717) is 0 Å². The molecule has 2 aromatic carbocycles. The van der Waals surface area contributed by atoms with Crippen molar-refractivity contribution in [2.45, 2.75) is 103 Å². The van der Waals surface area contributed by atoms with Gasteiger partial charge < -0.3 is 0 Å². The van der Waals surface area contributed by atoms with E-state index in [2.05, 4.69) is 62.4 Å². The van der Waals surface area contributed by atoms with Crippen LogP contribution in [0.2, 0.25) is 0 Å². The highest BCUT2D eigenvalue weighted by Crippen LogP contribution is 2.45. The summed E-state index contributed by atoms with van der Waals surface area (Å²) in [4.78, 5) is 0. The predicted molar refractivity (Wildman–Crippen MR) is 131 cm³/mol. The Balaban J connectivity index is 1.56. The van der Waals surface area contributed by atoms with Crippen molar-refractivity contribution in [3.63, 3.8) is 0 Å². The molecule has 0 spiro atoms. The molecule has 0 N–H and O–H groups in total. The Bertz CT molecular complexity index is 705. The first-order valence-corrected chi connectivity index (χ1v) is 13.0. The Hall–Kier alpha value is -1.56. The molecule has 0 heteroatoms. The van der Waals surface area contributed by atoms with E-state index in [4.69, 9.17) is 0 Å². The van der Waals surface area contributed by atoms with E-state index >= 15 is 0 Å². The lowest BCUT2D eigenvalue weighted by molar-refractivity contribution is 0.307. The van der Waals surface area contributed by atoms with E-state index in [-0.39, 0.29) is 0 Å². The SMILES string of the molecule is CCCC1CCC(c2ccccc2-c2ccccc2C2CCC(CCC)CC2)CC1. The van der Waals surface area contributed by atoms with E-state index in [9.17, 15) is 0 Å². The fourth-order valence-corrected chi connectivity index (χ4v) is 6.54. The fourth-order valence-electron chi connectivity index (χ4n) is 6.54. The van der Waals surface area contributed by atoms with E-state index in [1.807, 2.05) is 0 Å². The van der Waals surface area contributed by atoms with Gasteiger partial charge in [-0.1, -0.05) is 88.1 Å². The Kier molecular flexibility index (Phi) is 7.69. The molecule has 0 heterocycles. The zero-order chi connectivity index (χ0) is 20.8. The van der Waals surface area contributed by atoms with Crippen LogP contribution in [0.3, 0.4) is 0 Å². The summed E-state index contributed by atoms with van der Waals surface area (Å²) in [5, 5.41) is 0. The van der Waals surface area contributed by atoms with Gasteiger partial charge in [0.25, 0.3) is 0 Å². The molecule has 162 valence electrons. The Morgan fingerprint density at radius 3 is 1.27 bits per heavy atom. The van der Waals surface area contributed by atoms with Crippen LogP contribution < -0.4 is 0 Å². The number of rotatable bonds is 7. The predicted octanol–water partition coefficient (Wildman–Crippen LogP) is 9.50. The van der Waals surface area contributed by atoms with Crippen molar-refractivity contribution in [1.29, 1.82) is 0 Å². The van der Waals surface area contributed by atoms with Crippen molar-refractivity contribution in [3.05, 3.63) is 59.7 Å². The molecule has 0 atom stereocenters. The Morgan fingerprint density at radius 1 is 0.533 bits per heavy atom. The van der Waals surface area contributed by atoms with E-state index in [1.165, 1.54) is 88.2 Å². The van der Waals surface area contributed by atoms with E-state index in [0.717, 1.165) is 23.7 Å². The molecule has 0 amide bonds. The third kappa shape index (κ3) is 5.01. The van der Waals surface area contributed by atoms with Gasteiger partial charge in [-0.2, -0.15) is 0 Å². The lowest BCUT2D eigenvalue weighted by Gasteiger charge is -2.32. The number of benzene rings is 2. The van der Waals surface area contributed by atoms with Crippen LogP contribution in [0.15, 0.2) is 48.5 Å².